The van der Waals surface area contributed by atoms with Crippen LogP contribution in [0.25, 0.3) is 0 Å². The summed E-state index contributed by atoms with van der Waals surface area (Å²) < 4.78 is 30.4. The monoisotopic (exact) mass is 236 g/mol. The highest BCUT2D eigenvalue weighted by Gasteiger charge is 2.31. The number of piperidine rings is 1. The van der Waals surface area contributed by atoms with E-state index in [-0.39, 0.29) is 12.6 Å². The highest BCUT2D eigenvalue weighted by atomic mass is 32.2. The number of hydrogen-bond donors (Lipinski definition) is 1. The van der Waals surface area contributed by atoms with Crippen LogP contribution < -0.4 is 5.73 Å². The first-order valence-electron chi connectivity index (χ1n) is 5.22. The van der Waals surface area contributed by atoms with E-state index < -0.39 is 15.3 Å². The molecule has 1 atom stereocenters. The summed E-state index contributed by atoms with van der Waals surface area (Å²) >= 11 is 0. The van der Waals surface area contributed by atoms with Gasteiger partial charge in [-0.25, -0.2) is 12.7 Å². The van der Waals surface area contributed by atoms with Gasteiger partial charge in [0.05, 0.1) is 11.9 Å². The van der Waals surface area contributed by atoms with Gasteiger partial charge < -0.3 is 10.5 Å². The minimum atomic E-state index is -3.19. The smallest absolute Gasteiger partial charge is 0.218 e. The number of methoxy groups -OCH3 is 1. The molecule has 1 heterocycles. The minimum Gasteiger partial charge on any atom is -0.383 e. The number of nitrogens with zero attached hydrogens (tertiary/aromatic N) is 1. The summed E-state index contributed by atoms with van der Waals surface area (Å²) in [5, 5.41) is -0.475. The number of ether oxygens (including phenoxy) is 1. The second-order valence-corrected chi connectivity index (χ2v) is 6.40. The maximum Gasteiger partial charge on any atom is 0.218 e. The van der Waals surface area contributed by atoms with Crippen LogP contribution in [-0.4, -0.2) is 50.8 Å². The van der Waals surface area contributed by atoms with Gasteiger partial charge in [0.1, 0.15) is 0 Å². The maximum atomic E-state index is 12.0. The third-order valence-electron chi connectivity index (χ3n) is 2.77. The molecule has 0 saturated carbocycles. The van der Waals surface area contributed by atoms with E-state index in [0.717, 1.165) is 12.8 Å². The van der Waals surface area contributed by atoms with Crippen LogP contribution in [0, 0.1) is 0 Å². The summed E-state index contributed by atoms with van der Waals surface area (Å²) in [6, 6.07) is 0.147. The number of sulfonamides is 1. The van der Waals surface area contributed by atoms with E-state index in [9.17, 15) is 8.42 Å². The molecule has 1 aliphatic rings. The van der Waals surface area contributed by atoms with Crippen molar-refractivity contribution >= 4 is 10.0 Å². The van der Waals surface area contributed by atoms with Crippen molar-refractivity contribution in [2.24, 2.45) is 5.73 Å². The van der Waals surface area contributed by atoms with Crippen LogP contribution in [-0.2, 0) is 14.8 Å². The highest BCUT2D eigenvalue weighted by molar-refractivity contribution is 7.89. The van der Waals surface area contributed by atoms with Gasteiger partial charge in [-0.15, -0.1) is 0 Å². The summed E-state index contributed by atoms with van der Waals surface area (Å²) in [6.45, 7) is 2.99. The SMILES string of the molecule is COCC(C)S(=O)(=O)N1CCC(N)CC1. The fourth-order valence-electron chi connectivity index (χ4n) is 1.71. The Morgan fingerprint density at radius 3 is 2.47 bits per heavy atom. The molecule has 1 aliphatic heterocycles. The fourth-order valence-corrected chi connectivity index (χ4v) is 3.24. The van der Waals surface area contributed by atoms with Crippen LogP contribution >= 0.6 is 0 Å². The highest BCUT2D eigenvalue weighted by Crippen LogP contribution is 2.16. The van der Waals surface area contributed by atoms with E-state index in [4.69, 9.17) is 10.5 Å². The summed E-state index contributed by atoms with van der Waals surface area (Å²) in [5.41, 5.74) is 5.73. The van der Waals surface area contributed by atoms with Crippen molar-refractivity contribution in [3.05, 3.63) is 0 Å². The van der Waals surface area contributed by atoms with E-state index in [1.165, 1.54) is 11.4 Å². The Bertz CT molecular complexity index is 284. The molecular formula is C9H20N2O3S. The lowest BCUT2D eigenvalue weighted by molar-refractivity contribution is 0.197. The van der Waals surface area contributed by atoms with Gasteiger partial charge >= 0.3 is 0 Å². The molecule has 6 heteroatoms. The molecule has 0 amide bonds. The van der Waals surface area contributed by atoms with Crippen molar-refractivity contribution in [1.82, 2.24) is 4.31 Å². The van der Waals surface area contributed by atoms with Crippen LogP contribution in [0.1, 0.15) is 19.8 Å². The van der Waals surface area contributed by atoms with Crippen molar-refractivity contribution in [2.45, 2.75) is 31.1 Å². The molecule has 15 heavy (non-hydrogen) atoms. The molecule has 0 aromatic rings. The second-order valence-electron chi connectivity index (χ2n) is 4.05. The van der Waals surface area contributed by atoms with Gasteiger partial charge in [0, 0.05) is 26.2 Å². The average Bonchev–Trinajstić information content (AvgIpc) is 2.18. The van der Waals surface area contributed by atoms with E-state index in [1.807, 2.05) is 0 Å². The van der Waals surface area contributed by atoms with Crippen LogP contribution in [0.3, 0.4) is 0 Å². The zero-order chi connectivity index (χ0) is 11.5. The summed E-state index contributed by atoms with van der Waals surface area (Å²) in [6.07, 6.45) is 1.50. The third-order valence-corrected chi connectivity index (χ3v) is 5.01. The third kappa shape index (κ3) is 3.14. The quantitative estimate of drug-likeness (QED) is 0.732. The summed E-state index contributed by atoms with van der Waals surface area (Å²) in [7, 11) is -1.68. The Morgan fingerprint density at radius 1 is 1.47 bits per heavy atom. The van der Waals surface area contributed by atoms with Crippen LogP contribution in [0.4, 0.5) is 0 Å². The van der Waals surface area contributed by atoms with Gasteiger partial charge in [0.15, 0.2) is 0 Å². The van der Waals surface area contributed by atoms with Crippen molar-refractivity contribution in [1.29, 1.82) is 0 Å². The van der Waals surface area contributed by atoms with Crippen LogP contribution in [0.5, 0.6) is 0 Å². The standard InChI is InChI=1S/C9H20N2O3S/c1-8(7-14-2)15(12,13)11-5-3-9(10)4-6-11/h8-9H,3-7,10H2,1-2H3. The fraction of sp³-hybridized carbons (Fsp3) is 1.00. The molecule has 1 rings (SSSR count). The number of hydrogen-bond acceptors (Lipinski definition) is 4. The molecule has 2 N–H and O–H groups in total. The molecule has 0 aliphatic carbocycles. The largest absolute Gasteiger partial charge is 0.383 e. The van der Waals surface area contributed by atoms with Gasteiger partial charge in [-0.05, 0) is 19.8 Å². The predicted octanol–water partition coefficient (Wildman–Crippen LogP) is -0.226. The Labute approximate surface area is 91.6 Å². The van der Waals surface area contributed by atoms with Crippen LogP contribution in [0.2, 0.25) is 0 Å². The van der Waals surface area contributed by atoms with Gasteiger partial charge in [-0.2, -0.15) is 0 Å². The normalized spacial score (nSPS) is 22.9. The Morgan fingerprint density at radius 2 is 2.00 bits per heavy atom. The molecule has 0 aromatic heterocycles. The molecule has 0 aromatic carbocycles. The van der Waals surface area contributed by atoms with Crippen molar-refractivity contribution < 1.29 is 13.2 Å². The zero-order valence-corrected chi connectivity index (χ0v) is 10.2. The lowest BCUT2D eigenvalue weighted by atomic mass is 10.1. The zero-order valence-electron chi connectivity index (χ0n) is 9.35. The van der Waals surface area contributed by atoms with Crippen molar-refractivity contribution in [2.75, 3.05) is 26.8 Å². The first-order chi connectivity index (χ1) is 6.98. The van der Waals surface area contributed by atoms with E-state index in [2.05, 4.69) is 0 Å². The second kappa shape index (κ2) is 5.25. The molecule has 1 fully saturated rings. The molecule has 0 spiro atoms. The molecule has 1 saturated heterocycles. The van der Waals surface area contributed by atoms with E-state index in [1.54, 1.807) is 6.92 Å². The minimum absolute atomic E-state index is 0.147. The molecule has 0 radical (unpaired) electrons. The lowest BCUT2D eigenvalue weighted by Gasteiger charge is -2.31. The van der Waals surface area contributed by atoms with Crippen LogP contribution in [0.15, 0.2) is 0 Å². The summed E-state index contributed by atoms with van der Waals surface area (Å²) in [4.78, 5) is 0. The first kappa shape index (κ1) is 12.9. The number of nitrogens with two attached hydrogens (primary N) is 1. The molecule has 1 unspecified atom stereocenters. The lowest BCUT2D eigenvalue weighted by Crippen LogP contribution is -2.46. The van der Waals surface area contributed by atoms with Gasteiger partial charge in [-0.3, -0.25) is 0 Å². The maximum absolute atomic E-state index is 12.0. The van der Waals surface area contributed by atoms with E-state index in [0.29, 0.717) is 13.1 Å². The van der Waals surface area contributed by atoms with Gasteiger partial charge in [0.2, 0.25) is 10.0 Å². The van der Waals surface area contributed by atoms with Gasteiger partial charge in [0.25, 0.3) is 0 Å². The number of rotatable bonds is 4. The first-order valence-corrected chi connectivity index (χ1v) is 6.72. The molecular weight excluding hydrogens is 216 g/mol. The van der Waals surface area contributed by atoms with Crippen molar-refractivity contribution in [3.63, 3.8) is 0 Å². The average molecular weight is 236 g/mol. The molecule has 0 bridgehead atoms. The Hall–Kier alpha value is -0.170. The molecule has 5 nitrogen and oxygen atoms in total. The van der Waals surface area contributed by atoms with E-state index >= 15 is 0 Å². The molecule has 90 valence electrons. The Balaban J connectivity index is 2.61. The predicted molar refractivity (Wildman–Crippen MR) is 59.0 cm³/mol. The summed E-state index contributed by atoms with van der Waals surface area (Å²) in [5.74, 6) is 0. The van der Waals surface area contributed by atoms with Gasteiger partial charge in [-0.1, -0.05) is 0 Å². The Kier molecular flexibility index (Phi) is 4.51. The van der Waals surface area contributed by atoms with Crippen molar-refractivity contribution in [3.8, 4) is 0 Å². The topological polar surface area (TPSA) is 72.6 Å².